The summed E-state index contributed by atoms with van der Waals surface area (Å²) in [4.78, 5) is 12.3. The highest BCUT2D eigenvalue weighted by Crippen LogP contribution is 2.23. The molecule has 0 atom stereocenters. The van der Waals surface area contributed by atoms with Crippen molar-refractivity contribution in [2.45, 2.75) is 0 Å². The van der Waals surface area contributed by atoms with Crippen LogP contribution in [0.15, 0.2) is 76.7 Å². The van der Waals surface area contributed by atoms with E-state index >= 15 is 0 Å². The van der Waals surface area contributed by atoms with Crippen LogP contribution in [-0.4, -0.2) is 5.91 Å². The normalized spacial score (nSPS) is 11.0. The van der Waals surface area contributed by atoms with Gasteiger partial charge in [0.15, 0.2) is 0 Å². The molecule has 122 valence electrons. The van der Waals surface area contributed by atoms with Gasteiger partial charge in [-0.15, -0.1) is 0 Å². The monoisotopic (exact) mass is 440 g/mol. The Labute approximate surface area is 158 Å². The minimum absolute atomic E-state index is 0.0208. The lowest BCUT2D eigenvalue weighted by Gasteiger charge is -2.03. The first kappa shape index (κ1) is 17.0. The average molecular weight is 440 g/mol. The molecule has 0 bridgehead atoms. The second kappa shape index (κ2) is 7.81. The molecule has 5 heteroatoms. The first-order valence-corrected chi connectivity index (χ1v) is 8.57. The van der Waals surface area contributed by atoms with Crippen molar-refractivity contribution in [1.82, 2.24) is 0 Å². The topological polar surface area (TPSA) is 66.0 Å². The van der Waals surface area contributed by atoms with Gasteiger partial charge in [0.1, 0.15) is 23.2 Å². The van der Waals surface area contributed by atoms with Crippen LogP contribution >= 0.6 is 22.6 Å². The summed E-state index contributed by atoms with van der Waals surface area (Å²) in [5.74, 6) is 0.664. The zero-order valence-corrected chi connectivity index (χ0v) is 15.2. The first-order valence-electron chi connectivity index (χ1n) is 7.50. The van der Waals surface area contributed by atoms with E-state index in [9.17, 15) is 10.1 Å². The van der Waals surface area contributed by atoms with Crippen LogP contribution in [0.3, 0.4) is 0 Å². The lowest BCUT2D eigenvalue weighted by molar-refractivity contribution is -0.112. The van der Waals surface area contributed by atoms with Crippen LogP contribution in [0.1, 0.15) is 5.76 Å². The summed E-state index contributed by atoms with van der Waals surface area (Å²) in [5, 5.41) is 12.0. The van der Waals surface area contributed by atoms with Gasteiger partial charge in [-0.2, -0.15) is 5.26 Å². The van der Waals surface area contributed by atoms with Crippen molar-refractivity contribution in [3.8, 4) is 17.4 Å². The molecule has 25 heavy (non-hydrogen) atoms. The minimum atomic E-state index is -0.471. The Kier molecular flexibility index (Phi) is 5.31. The van der Waals surface area contributed by atoms with Crippen molar-refractivity contribution >= 4 is 40.3 Å². The van der Waals surface area contributed by atoms with Crippen molar-refractivity contribution in [2.75, 3.05) is 5.32 Å². The van der Waals surface area contributed by atoms with Crippen LogP contribution in [-0.2, 0) is 4.79 Å². The number of hydrogen-bond acceptors (Lipinski definition) is 3. The number of benzene rings is 2. The summed E-state index contributed by atoms with van der Waals surface area (Å²) in [6, 6.07) is 22.4. The Morgan fingerprint density at radius 3 is 2.44 bits per heavy atom. The lowest BCUT2D eigenvalue weighted by Crippen LogP contribution is -2.13. The van der Waals surface area contributed by atoms with Crippen molar-refractivity contribution in [3.05, 3.63) is 81.6 Å². The minimum Gasteiger partial charge on any atom is -0.457 e. The molecule has 0 saturated heterocycles. The molecule has 0 unspecified atom stereocenters. The zero-order chi connectivity index (χ0) is 17.6. The highest BCUT2D eigenvalue weighted by molar-refractivity contribution is 14.1. The molecule has 0 radical (unpaired) electrons. The summed E-state index contributed by atoms with van der Waals surface area (Å²) in [5.41, 5.74) is 1.55. The number of nitrogens with zero attached hydrogens (tertiary/aromatic N) is 1. The van der Waals surface area contributed by atoms with Crippen molar-refractivity contribution in [1.29, 1.82) is 5.26 Å². The van der Waals surface area contributed by atoms with E-state index in [-0.39, 0.29) is 5.57 Å². The van der Waals surface area contributed by atoms with E-state index in [1.807, 2.05) is 54.6 Å². The van der Waals surface area contributed by atoms with Crippen LogP contribution in [0.2, 0.25) is 0 Å². The fourth-order valence-electron chi connectivity index (χ4n) is 2.21. The third-order valence-electron chi connectivity index (χ3n) is 3.44. The van der Waals surface area contributed by atoms with Gasteiger partial charge in [0.05, 0.1) is 0 Å². The summed E-state index contributed by atoms with van der Waals surface area (Å²) >= 11 is 2.18. The van der Waals surface area contributed by atoms with Crippen LogP contribution in [0, 0.1) is 14.9 Å². The first-order chi connectivity index (χ1) is 12.2. The van der Waals surface area contributed by atoms with Crippen molar-refractivity contribution in [3.63, 3.8) is 0 Å². The van der Waals surface area contributed by atoms with E-state index in [1.165, 1.54) is 6.08 Å². The largest absolute Gasteiger partial charge is 0.457 e. The van der Waals surface area contributed by atoms with Gasteiger partial charge in [0, 0.05) is 20.9 Å². The van der Waals surface area contributed by atoms with Crippen LogP contribution in [0.5, 0.6) is 0 Å². The predicted molar refractivity (Wildman–Crippen MR) is 106 cm³/mol. The number of carbonyl (C=O) groups excluding carboxylic acids is 1. The van der Waals surface area contributed by atoms with E-state index in [0.717, 1.165) is 9.13 Å². The fourth-order valence-corrected chi connectivity index (χ4v) is 2.57. The molecule has 0 saturated carbocycles. The Bertz CT molecular complexity index is 951. The van der Waals surface area contributed by atoms with E-state index in [4.69, 9.17) is 4.42 Å². The van der Waals surface area contributed by atoms with Crippen LogP contribution in [0.25, 0.3) is 17.4 Å². The molecule has 0 aliphatic carbocycles. The Hall–Kier alpha value is -2.85. The molecule has 0 aliphatic heterocycles. The number of nitriles is 1. The van der Waals surface area contributed by atoms with Crippen LogP contribution < -0.4 is 5.32 Å². The number of carbonyl (C=O) groups is 1. The third-order valence-corrected chi connectivity index (χ3v) is 4.16. The molecule has 3 aromatic rings. The predicted octanol–water partition coefficient (Wildman–Crippen LogP) is 5.10. The second-order valence-electron chi connectivity index (χ2n) is 5.20. The highest BCUT2D eigenvalue weighted by Gasteiger charge is 2.11. The molecular formula is C20H13IN2O2. The van der Waals surface area contributed by atoms with Gasteiger partial charge in [0.25, 0.3) is 5.91 Å². The van der Waals surface area contributed by atoms with E-state index < -0.39 is 5.91 Å². The number of amides is 1. The number of nitrogens with one attached hydrogen (secondary N) is 1. The van der Waals surface area contributed by atoms with Crippen molar-refractivity contribution < 1.29 is 9.21 Å². The lowest BCUT2D eigenvalue weighted by atomic mass is 10.2. The van der Waals surface area contributed by atoms with Gasteiger partial charge in [-0.1, -0.05) is 30.3 Å². The average Bonchev–Trinajstić information content (AvgIpc) is 3.11. The Morgan fingerprint density at radius 2 is 1.76 bits per heavy atom. The van der Waals surface area contributed by atoms with E-state index in [2.05, 4.69) is 27.9 Å². The summed E-state index contributed by atoms with van der Waals surface area (Å²) in [6.45, 7) is 0. The molecule has 0 spiro atoms. The van der Waals surface area contributed by atoms with Crippen molar-refractivity contribution in [2.24, 2.45) is 0 Å². The van der Waals surface area contributed by atoms with E-state index in [0.29, 0.717) is 17.2 Å². The Morgan fingerprint density at radius 1 is 1.04 bits per heavy atom. The van der Waals surface area contributed by atoms with Crippen LogP contribution in [0.4, 0.5) is 5.69 Å². The van der Waals surface area contributed by atoms with Gasteiger partial charge in [-0.25, -0.2) is 0 Å². The van der Waals surface area contributed by atoms with E-state index in [1.54, 1.807) is 18.2 Å². The van der Waals surface area contributed by atoms with Gasteiger partial charge in [0.2, 0.25) is 0 Å². The molecule has 1 heterocycles. The molecule has 1 aromatic heterocycles. The molecular weight excluding hydrogens is 427 g/mol. The third kappa shape index (κ3) is 4.37. The summed E-state index contributed by atoms with van der Waals surface area (Å²) < 4.78 is 6.78. The molecule has 1 N–H and O–H groups in total. The standard InChI is InChI=1S/C20H13IN2O2/c21-16-6-8-17(9-7-16)23-20(24)15(13-22)12-18-10-11-19(25-18)14-4-2-1-3-5-14/h1-12H,(H,23,24)/b15-12+. The van der Waals surface area contributed by atoms with Gasteiger partial charge in [-0.3, -0.25) is 4.79 Å². The molecule has 2 aromatic carbocycles. The Balaban J connectivity index is 1.78. The molecule has 0 fully saturated rings. The molecule has 3 rings (SSSR count). The van der Waals surface area contributed by atoms with Gasteiger partial charge < -0.3 is 9.73 Å². The number of rotatable bonds is 4. The SMILES string of the molecule is N#C/C(=C\c1ccc(-c2ccccc2)o1)C(=O)Nc1ccc(I)cc1. The molecule has 1 amide bonds. The van der Waals surface area contributed by atoms with Gasteiger partial charge in [-0.05, 0) is 59.0 Å². The number of hydrogen-bond donors (Lipinski definition) is 1. The number of anilines is 1. The second-order valence-corrected chi connectivity index (χ2v) is 6.44. The number of furan rings is 1. The zero-order valence-electron chi connectivity index (χ0n) is 13.1. The number of halogens is 1. The quantitative estimate of drug-likeness (QED) is 0.349. The smallest absolute Gasteiger partial charge is 0.266 e. The maximum atomic E-state index is 12.3. The fraction of sp³-hybridized carbons (Fsp3) is 0. The summed E-state index contributed by atoms with van der Waals surface area (Å²) in [7, 11) is 0. The molecule has 4 nitrogen and oxygen atoms in total. The molecule has 0 aliphatic rings. The maximum Gasteiger partial charge on any atom is 0.266 e. The van der Waals surface area contributed by atoms with Gasteiger partial charge >= 0.3 is 0 Å². The summed E-state index contributed by atoms with van der Waals surface area (Å²) in [6.07, 6.45) is 1.44. The maximum absolute atomic E-state index is 12.3. The highest BCUT2D eigenvalue weighted by atomic mass is 127.